The van der Waals surface area contributed by atoms with Gasteiger partial charge in [0.25, 0.3) is 7.42 Å². The number of halogens is 3. The first-order valence-electron chi connectivity index (χ1n) is 2.10. The molecule has 0 aliphatic heterocycles. The quantitative estimate of drug-likeness (QED) is 0.345. The Morgan fingerprint density at radius 3 is 2.00 bits per heavy atom. The van der Waals surface area contributed by atoms with Crippen molar-refractivity contribution in [3.8, 4) is 0 Å². The highest BCUT2D eigenvalue weighted by atomic mass is 35.7. The van der Waals surface area contributed by atoms with Gasteiger partial charge in [0.1, 0.15) is 0 Å². The molecule has 0 heterocycles. The summed E-state index contributed by atoms with van der Waals surface area (Å²) in [7, 11) is -1.55. The fourth-order valence-corrected chi connectivity index (χ4v) is 1.60. The molecule has 0 saturated carbocycles. The summed E-state index contributed by atoms with van der Waals surface area (Å²) in [4.78, 5) is 0. The lowest BCUT2D eigenvalue weighted by Crippen LogP contribution is -2.11. The Morgan fingerprint density at radius 1 is 1.57 bits per heavy atom. The van der Waals surface area contributed by atoms with E-state index in [0.717, 1.165) is 6.42 Å². The third kappa shape index (κ3) is 3.65. The van der Waals surface area contributed by atoms with Gasteiger partial charge in [-0.1, -0.05) is 6.92 Å². The summed E-state index contributed by atoms with van der Waals surface area (Å²) < 4.78 is 0. The molecule has 0 aromatic carbocycles. The zero-order valence-corrected chi connectivity index (χ0v) is 7.42. The normalized spacial score (nSPS) is 15.0. The van der Waals surface area contributed by atoms with E-state index >= 15 is 0 Å². The highest BCUT2D eigenvalue weighted by molar-refractivity contribution is 7.36. The maximum absolute atomic E-state index is 5.60. The van der Waals surface area contributed by atoms with Crippen LogP contribution in [0.25, 0.3) is 0 Å². The summed E-state index contributed by atoms with van der Waals surface area (Å²) in [6.07, 6.45) is 0.880. The first-order valence-corrected chi connectivity index (χ1v) is 6.70. The van der Waals surface area contributed by atoms with E-state index in [-0.39, 0.29) is 5.00 Å². The van der Waals surface area contributed by atoms with Crippen molar-refractivity contribution in [2.24, 2.45) is 0 Å². The van der Waals surface area contributed by atoms with Gasteiger partial charge in [0.05, 0.1) is 5.00 Å². The molecule has 1 unspecified atom stereocenters. The molecule has 4 heteroatoms. The average Bonchev–Trinajstić information content (AvgIpc) is 1.65. The Labute approximate surface area is 59.8 Å². The molecule has 7 heavy (non-hydrogen) atoms. The van der Waals surface area contributed by atoms with Crippen LogP contribution in [-0.2, 0) is 0 Å². The molecule has 0 fully saturated rings. The fourth-order valence-electron chi connectivity index (χ4n) is 0.178. The molecule has 0 aliphatic carbocycles. The highest BCUT2D eigenvalue weighted by Crippen LogP contribution is 2.11. The second kappa shape index (κ2) is 4.01. The summed E-state index contributed by atoms with van der Waals surface area (Å²) in [6.45, 7) is 1.97. The Morgan fingerprint density at radius 2 is 2.00 bits per heavy atom. The van der Waals surface area contributed by atoms with Gasteiger partial charge in [-0.3, -0.25) is 0 Å². The van der Waals surface area contributed by atoms with Crippen molar-refractivity contribution in [3.05, 3.63) is 0 Å². The molecule has 0 rings (SSSR count). The van der Waals surface area contributed by atoms with Gasteiger partial charge in [0, 0.05) is 0 Å². The van der Waals surface area contributed by atoms with Crippen LogP contribution in [0.15, 0.2) is 0 Å². The number of hydrogen-bond donors (Lipinski definition) is 0. The first-order chi connectivity index (χ1) is 3.18. The van der Waals surface area contributed by atoms with Crippen molar-refractivity contribution in [1.82, 2.24) is 0 Å². The summed E-state index contributed by atoms with van der Waals surface area (Å²) in [5.74, 6) is 0. The molecule has 0 aliphatic rings. The third-order valence-electron chi connectivity index (χ3n) is 0.663. The van der Waals surface area contributed by atoms with Crippen molar-refractivity contribution < 1.29 is 0 Å². The average molecular weight is 178 g/mol. The zero-order chi connectivity index (χ0) is 5.86. The van der Waals surface area contributed by atoms with Gasteiger partial charge in [-0.05, 0) is 6.42 Å². The standard InChI is InChI=1S/C3H7Cl3Si/c1-2-3(4)7(5)6/h3,7H,2H2,1H3. The lowest BCUT2D eigenvalue weighted by Gasteiger charge is -2.01. The van der Waals surface area contributed by atoms with Crippen molar-refractivity contribution in [2.45, 2.75) is 18.3 Å². The molecule has 0 aromatic rings. The third-order valence-corrected chi connectivity index (χ3v) is 5.35. The van der Waals surface area contributed by atoms with Crippen molar-refractivity contribution in [1.29, 1.82) is 0 Å². The van der Waals surface area contributed by atoms with E-state index in [1.807, 2.05) is 6.92 Å². The van der Waals surface area contributed by atoms with Gasteiger partial charge in [-0.15, -0.1) is 33.8 Å². The van der Waals surface area contributed by atoms with Crippen molar-refractivity contribution >= 4 is 41.2 Å². The van der Waals surface area contributed by atoms with Crippen LogP contribution in [0.4, 0.5) is 0 Å². The number of alkyl halides is 1. The van der Waals surface area contributed by atoms with Crippen LogP contribution >= 0.6 is 33.8 Å². The van der Waals surface area contributed by atoms with E-state index in [0.29, 0.717) is 0 Å². The fraction of sp³-hybridized carbons (Fsp3) is 1.00. The Balaban J connectivity index is 3.14. The van der Waals surface area contributed by atoms with E-state index in [1.165, 1.54) is 0 Å². The van der Waals surface area contributed by atoms with Crippen LogP contribution < -0.4 is 0 Å². The molecule has 0 saturated heterocycles. The number of rotatable bonds is 2. The molecule has 0 nitrogen and oxygen atoms in total. The lowest BCUT2D eigenvalue weighted by molar-refractivity contribution is 1.03. The van der Waals surface area contributed by atoms with E-state index < -0.39 is 7.42 Å². The minimum atomic E-state index is -1.55. The predicted molar refractivity (Wildman–Crippen MR) is 38.8 cm³/mol. The van der Waals surface area contributed by atoms with E-state index in [2.05, 4.69) is 0 Å². The van der Waals surface area contributed by atoms with Crippen LogP contribution in [0.2, 0.25) is 0 Å². The number of hydrogen-bond acceptors (Lipinski definition) is 0. The van der Waals surface area contributed by atoms with E-state index in [1.54, 1.807) is 0 Å². The van der Waals surface area contributed by atoms with E-state index in [9.17, 15) is 0 Å². The summed E-state index contributed by atoms with van der Waals surface area (Å²) in [5, 5.41) is 0.0448. The summed E-state index contributed by atoms with van der Waals surface area (Å²) in [6, 6.07) is 0. The first kappa shape index (κ1) is 8.09. The van der Waals surface area contributed by atoms with E-state index in [4.69, 9.17) is 33.8 Å². The molecule has 1 atom stereocenters. The largest absolute Gasteiger partial charge is 0.254 e. The molecule has 0 aromatic heterocycles. The smallest absolute Gasteiger partial charge is 0.149 e. The van der Waals surface area contributed by atoms with Gasteiger partial charge in [-0.2, -0.15) is 0 Å². The van der Waals surface area contributed by atoms with Crippen LogP contribution in [0.5, 0.6) is 0 Å². The highest BCUT2D eigenvalue weighted by Gasteiger charge is 2.12. The van der Waals surface area contributed by atoms with Crippen molar-refractivity contribution in [2.75, 3.05) is 0 Å². The van der Waals surface area contributed by atoms with Gasteiger partial charge in [0.15, 0.2) is 0 Å². The molecule has 0 bridgehead atoms. The zero-order valence-electron chi connectivity index (χ0n) is 4.00. The minimum absolute atomic E-state index is 0.0448. The van der Waals surface area contributed by atoms with Crippen LogP contribution in [-0.4, -0.2) is 12.4 Å². The van der Waals surface area contributed by atoms with Crippen LogP contribution in [0.3, 0.4) is 0 Å². The topological polar surface area (TPSA) is 0 Å². The van der Waals surface area contributed by atoms with Gasteiger partial charge in [-0.25, -0.2) is 0 Å². The molecule has 44 valence electrons. The SMILES string of the molecule is CCC(Cl)[SiH](Cl)Cl. The molecule has 0 spiro atoms. The van der Waals surface area contributed by atoms with Gasteiger partial charge in [0.2, 0.25) is 0 Å². The molecule has 0 N–H and O–H groups in total. The second-order valence-electron chi connectivity index (χ2n) is 1.26. The Kier molecular flexibility index (Phi) is 4.64. The Hall–Kier alpha value is 1.09. The van der Waals surface area contributed by atoms with Gasteiger partial charge < -0.3 is 0 Å². The second-order valence-corrected chi connectivity index (χ2v) is 7.21. The van der Waals surface area contributed by atoms with Crippen LogP contribution in [0, 0.1) is 0 Å². The lowest BCUT2D eigenvalue weighted by atomic mass is 10.6. The van der Waals surface area contributed by atoms with Crippen molar-refractivity contribution in [3.63, 3.8) is 0 Å². The molecular formula is C3H7Cl3Si. The predicted octanol–water partition coefficient (Wildman–Crippen LogP) is 2.24. The monoisotopic (exact) mass is 176 g/mol. The Bertz CT molecular complexity index is 47.4. The molecule has 0 radical (unpaired) electrons. The maximum Gasteiger partial charge on any atom is 0.254 e. The van der Waals surface area contributed by atoms with Gasteiger partial charge >= 0.3 is 0 Å². The minimum Gasteiger partial charge on any atom is -0.149 e. The maximum atomic E-state index is 5.60. The summed E-state index contributed by atoms with van der Waals surface area (Å²) >= 11 is 16.6. The summed E-state index contributed by atoms with van der Waals surface area (Å²) in [5.41, 5.74) is 0. The molecule has 0 amide bonds. The molecular weight excluding hydrogens is 170 g/mol. The van der Waals surface area contributed by atoms with Crippen LogP contribution in [0.1, 0.15) is 13.3 Å².